The molecule has 0 N–H and O–H groups in total. The first-order valence-corrected chi connectivity index (χ1v) is 15.3. The molecule has 1 aliphatic heterocycles. The predicted molar refractivity (Wildman–Crippen MR) is 171 cm³/mol. The Morgan fingerprint density at radius 3 is 1.97 bits per heavy atom. The van der Waals surface area contributed by atoms with Crippen LogP contribution in [0.2, 0.25) is 0 Å². The Bertz CT molecular complexity index is 1350. The minimum atomic E-state index is -0.183. The van der Waals surface area contributed by atoms with Gasteiger partial charge < -0.3 is 23.8 Å². The second-order valence-corrected chi connectivity index (χ2v) is 11.4. The van der Waals surface area contributed by atoms with Crippen LogP contribution in [0.4, 0.5) is 5.69 Å². The molecule has 0 saturated carbocycles. The number of benzene rings is 3. The summed E-state index contributed by atoms with van der Waals surface area (Å²) in [4.78, 5) is 3.75. The van der Waals surface area contributed by atoms with Crippen LogP contribution in [0.3, 0.4) is 0 Å². The molecule has 0 spiro atoms. The van der Waals surface area contributed by atoms with Crippen LogP contribution in [0, 0.1) is 0 Å². The Kier molecular flexibility index (Phi) is 10.2. The highest BCUT2D eigenvalue weighted by molar-refractivity contribution is 14.1. The Hall–Kier alpha value is -2.91. The molecule has 0 aliphatic carbocycles. The molecule has 1 unspecified atom stereocenters. The van der Waals surface area contributed by atoms with Crippen LogP contribution >= 0.6 is 33.1 Å². The van der Waals surface area contributed by atoms with Crippen LogP contribution in [-0.4, -0.2) is 44.9 Å². The minimum absolute atomic E-state index is 0.183. The molecule has 0 amide bonds. The summed E-state index contributed by atoms with van der Waals surface area (Å²) in [5.41, 5.74) is 6.79. The van der Waals surface area contributed by atoms with E-state index in [-0.39, 0.29) is 10.5 Å². The number of para-hydroxylation sites is 1. The molecule has 1 heterocycles. The van der Waals surface area contributed by atoms with E-state index in [2.05, 4.69) is 74.8 Å². The normalized spacial score (nSPS) is 14.6. The van der Waals surface area contributed by atoms with E-state index in [1.807, 2.05) is 36.4 Å². The molecule has 0 fully saturated rings. The molecule has 0 bridgehead atoms. The number of rotatable bonds is 12. The maximum Gasteiger partial charge on any atom is 0.126 e. The van der Waals surface area contributed by atoms with E-state index in [1.54, 1.807) is 28.4 Å². The fourth-order valence-electron chi connectivity index (χ4n) is 4.33. The van der Waals surface area contributed by atoms with E-state index in [0.717, 1.165) is 51.5 Å². The predicted octanol–water partition coefficient (Wildman–Crippen LogP) is 7.99. The van der Waals surface area contributed by atoms with Gasteiger partial charge in [0.05, 0.1) is 34.1 Å². The molecule has 0 aromatic heterocycles. The second-order valence-electron chi connectivity index (χ2n) is 8.61. The van der Waals surface area contributed by atoms with Crippen LogP contribution in [0.5, 0.6) is 23.0 Å². The number of methoxy groups -OCH3 is 4. The van der Waals surface area contributed by atoms with Crippen molar-refractivity contribution in [3.8, 4) is 23.0 Å². The van der Waals surface area contributed by atoms with Crippen molar-refractivity contribution in [3.63, 3.8) is 0 Å². The van der Waals surface area contributed by atoms with Gasteiger partial charge in [-0.25, -0.2) is 0 Å². The summed E-state index contributed by atoms with van der Waals surface area (Å²) in [7, 11) is 6.57. The minimum Gasteiger partial charge on any atom is -0.497 e. The molecule has 0 saturated heterocycles. The van der Waals surface area contributed by atoms with Gasteiger partial charge in [0.15, 0.2) is 0 Å². The maximum atomic E-state index is 5.59. The van der Waals surface area contributed by atoms with E-state index < -0.39 is 0 Å². The van der Waals surface area contributed by atoms with E-state index in [4.69, 9.17) is 18.9 Å². The summed E-state index contributed by atoms with van der Waals surface area (Å²) in [5.74, 6) is 3.26. The van der Waals surface area contributed by atoms with Crippen molar-refractivity contribution in [2.75, 3.05) is 44.3 Å². The second kappa shape index (κ2) is 13.8. The Morgan fingerprint density at radius 1 is 0.737 bits per heavy atom. The Balaban J connectivity index is 1.71. The summed E-state index contributed by atoms with van der Waals surface area (Å²) >= 11 is 2.46. The fraction of sp³-hybridized carbons (Fsp3) is 0.258. The number of halogens is 1. The molecule has 1 aliphatic rings. The average molecular weight is 644 g/mol. The highest BCUT2D eigenvalue weighted by Crippen LogP contribution is 2.45. The summed E-state index contributed by atoms with van der Waals surface area (Å²) in [6, 6.07) is 18.3. The summed E-state index contributed by atoms with van der Waals surface area (Å²) < 4.78 is 23.2. The molecule has 200 valence electrons. The zero-order valence-electron chi connectivity index (χ0n) is 22.3. The van der Waals surface area contributed by atoms with Crippen molar-refractivity contribution < 1.29 is 18.9 Å². The van der Waals surface area contributed by atoms with Crippen LogP contribution in [0.1, 0.15) is 29.5 Å². The van der Waals surface area contributed by atoms with Crippen molar-refractivity contribution in [3.05, 3.63) is 76.7 Å². The molecule has 3 aromatic rings. The van der Waals surface area contributed by atoms with E-state index in [9.17, 15) is 0 Å². The third-order valence-corrected chi connectivity index (χ3v) is 8.82. The summed E-state index contributed by atoms with van der Waals surface area (Å²) in [6.07, 6.45) is 8.77. The lowest BCUT2D eigenvalue weighted by atomic mass is 10.1. The number of fused-ring (bicyclic) bond motifs is 1. The van der Waals surface area contributed by atoms with Gasteiger partial charge in [-0.3, -0.25) is 0 Å². The Labute approximate surface area is 242 Å². The van der Waals surface area contributed by atoms with Crippen LogP contribution < -0.4 is 23.8 Å². The van der Waals surface area contributed by atoms with Crippen molar-refractivity contribution in [2.24, 2.45) is 0 Å². The zero-order chi connectivity index (χ0) is 26.9. The van der Waals surface area contributed by atoms with Gasteiger partial charge in [0.1, 0.15) is 23.0 Å². The number of unbranched alkanes of at least 4 members (excludes halogenated alkanes) is 1. The third kappa shape index (κ3) is 6.56. The fourth-order valence-corrected chi connectivity index (χ4v) is 6.68. The number of ether oxygens (including phenoxy) is 4. The molecular formula is C31H34INO4S. The van der Waals surface area contributed by atoms with Gasteiger partial charge in [-0.15, -0.1) is 10.5 Å². The first-order chi connectivity index (χ1) is 18.6. The average Bonchev–Trinajstić information content (AvgIpc) is 3.32. The van der Waals surface area contributed by atoms with Gasteiger partial charge in [-0.05, 0) is 76.8 Å². The first kappa shape index (κ1) is 28.1. The van der Waals surface area contributed by atoms with E-state index in [1.165, 1.54) is 22.6 Å². The molecule has 7 heteroatoms. The quantitative estimate of drug-likeness (QED) is 0.0658. The lowest BCUT2D eigenvalue weighted by Gasteiger charge is -2.19. The first-order valence-electron chi connectivity index (χ1n) is 12.4. The van der Waals surface area contributed by atoms with Gasteiger partial charge in [0, 0.05) is 28.1 Å². The molecule has 38 heavy (non-hydrogen) atoms. The van der Waals surface area contributed by atoms with E-state index >= 15 is 0 Å². The SMILES string of the molecule is COc1ccc(OC)c(/C=C/c2cccc3c2N(CCCCI)C=S3/C=C/c2cc(OC)ccc2OC)c1. The van der Waals surface area contributed by atoms with E-state index in [0.29, 0.717) is 0 Å². The van der Waals surface area contributed by atoms with Crippen LogP contribution in [0.25, 0.3) is 18.2 Å². The van der Waals surface area contributed by atoms with Crippen LogP contribution in [0.15, 0.2) is 64.9 Å². The number of hydrogen-bond donors (Lipinski definition) is 0. The monoisotopic (exact) mass is 643 g/mol. The zero-order valence-corrected chi connectivity index (χ0v) is 25.3. The largest absolute Gasteiger partial charge is 0.497 e. The molecule has 0 radical (unpaired) electrons. The van der Waals surface area contributed by atoms with Crippen molar-refractivity contribution in [1.29, 1.82) is 0 Å². The number of alkyl halides is 1. The molecular weight excluding hydrogens is 609 g/mol. The van der Waals surface area contributed by atoms with Gasteiger partial charge in [0.25, 0.3) is 0 Å². The van der Waals surface area contributed by atoms with Gasteiger partial charge in [-0.1, -0.05) is 46.9 Å². The highest BCUT2D eigenvalue weighted by Gasteiger charge is 2.21. The van der Waals surface area contributed by atoms with Crippen molar-refractivity contribution in [1.82, 2.24) is 0 Å². The number of nitrogens with zero attached hydrogens (tertiary/aromatic N) is 1. The number of hydrogen-bond acceptors (Lipinski definition) is 5. The smallest absolute Gasteiger partial charge is 0.126 e. The van der Waals surface area contributed by atoms with Gasteiger partial charge >= 0.3 is 0 Å². The Morgan fingerprint density at radius 2 is 1.37 bits per heavy atom. The number of anilines is 1. The van der Waals surface area contributed by atoms with Crippen LogP contribution in [-0.2, 0) is 0 Å². The standard InChI is InChI=1S/C31H34INO4S/c1-34-26-12-14-28(36-3)24(20-26)11-10-23-8-7-9-30-31(23)33(18-6-5-17-32)22-38(30)19-16-25-21-27(35-2)13-15-29(25)37-4/h7-16,19-22H,5-6,17-18H2,1-4H3/b11-10+,19-16+. The lowest BCUT2D eigenvalue weighted by molar-refractivity contribution is 0.402. The highest BCUT2D eigenvalue weighted by atomic mass is 127. The van der Waals surface area contributed by atoms with Gasteiger partial charge in [0.2, 0.25) is 0 Å². The third-order valence-electron chi connectivity index (χ3n) is 6.31. The van der Waals surface area contributed by atoms with Crippen molar-refractivity contribution in [2.45, 2.75) is 17.7 Å². The summed E-state index contributed by atoms with van der Waals surface area (Å²) in [5, 5.41) is 2.27. The van der Waals surface area contributed by atoms with Crippen molar-refractivity contribution >= 4 is 62.5 Å². The maximum absolute atomic E-state index is 5.59. The topological polar surface area (TPSA) is 40.2 Å². The van der Waals surface area contributed by atoms with Gasteiger partial charge in [-0.2, -0.15) is 0 Å². The molecule has 4 rings (SSSR count). The molecule has 1 atom stereocenters. The molecule has 5 nitrogen and oxygen atoms in total. The lowest BCUT2D eigenvalue weighted by Crippen LogP contribution is -2.20. The summed E-state index contributed by atoms with van der Waals surface area (Å²) in [6.45, 7) is 0.989. The molecule has 3 aromatic carbocycles.